The molecule has 12 nitrogen and oxygen atoms in total. The minimum absolute atomic E-state index is 0.345. The van der Waals surface area contributed by atoms with Crippen LogP contribution in [0.5, 0.6) is 0 Å². The Labute approximate surface area is 347 Å². The fraction of sp³-hybridized carbons (Fsp3) is 0.864. The number of benzene rings is 1. The summed E-state index contributed by atoms with van der Waals surface area (Å²) in [5, 5.41) is 0. The van der Waals surface area contributed by atoms with Crippen molar-refractivity contribution >= 4 is 0 Å². The van der Waals surface area contributed by atoms with E-state index in [1.807, 2.05) is 28.2 Å². The molecule has 0 fully saturated rings. The second kappa shape index (κ2) is 29.9. The minimum Gasteiger partial charge on any atom is -0.304 e. The van der Waals surface area contributed by atoms with Crippen molar-refractivity contribution in [3.63, 3.8) is 0 Å². The highest BCUT2D eigenvalue weighted by atomic mass is 15.4. The fourth-order valence-electron chi connectivity index (χ4n) is 9.42. The molecule has 1 aromatic rings. The Morgan fingerprint density at radius 1 is 0.446 bits per heavy atom. The Morgan fingerprint density at radius 3 is 1.00 bits per heavy atom. The molecule has 0 aliphatic carbocycles. The van der Waals surface area contributed by atoms with Gasteiger partial charge >= 0.3 is 0 Å². The van der Waals surface area contributed by atoms with Crippen LogP contribution in [0.15, 0.2) is 24.3 Å². The van der Waals surface area contributed by atoms with Gasteiger partial charge in [0.05, 0.1) is 0 Å². The van der Waals surface area contributed by atoms with E-state index in [1.54, 1.807) is 0 Å². The number of hydrogen-bond acceptors (Lipinski definition) is 12. The summed E-state index contributed by atoms with van der Waals surface area (Å²) >= 11 is 0. The number of hydrogen-bond donors (Lipinski definition) is 8. The normalized spacial score (nSPS) is 17.9. The zero-order valence-corrected chi connectivity index (χ0v) is 39.4. The molecule has 0 amide bonds. The number of nitrogens with one attached hydrogen (secondary N) is 8. The Bertz CT molecular complexity index is 1020. The third-order valence-corrected chi connectivity index (χ3v) is 11.9. The monoisotopic (exact) mass is 791 g/mol. The third-order valence-electron chi connectivity index (χ3n) is 11.9. The first-order valence-electron chi connectivity index (χ1n) is 22.2. The summed E-state index contributed by atoms with van der Waals surface area (Å²) in [7, 11) is 17.1. The van der Waals surface area contributed by atoms with Crippen LogP contribution in [0.2, 0.25) is 0 Å². The van der Waals surface area contributed by atoms with E-state index >= 15 is 0 Å². The van der Waals surface area contributed by atoms with E-state index in [1.165, 1.54) is 36.8 Å². The number of rotatable bonds is 34. The molecule has 0 bridgehead atoms. The van der Waals surface area contributed by atoms with Gasteiger partial charge in [0.15, 0.2) is 0 Å². The van der Waals surface area contributed by atoms with Crippen molar-refractivity contribution in [1.82, 2.24) is 63.0 Å². The molecule has 0 heterocycles. The molecule has 330 valence electrons. The SMILES string of the molecule is CCCC(CN(C)CC(C)NNC)C(C)C(CN(C)CC(C)NNC)c1cccc(C(CN(C)CC(C)NNC)C(C)C(CCC)CN(C)CC(C)NNC)c1. The van der Waals surface area contributed by atoms with E-state index in [2.05, 4.69) is 171 Å². The predicted octanol–water partition coefficient (Wildman–Crippen LogP) is 4.14. The van der Waals surface area contributed by atoms with Gasteiger partial charge in [-0.1, -0.05) is 64.8 Å². The molecule has 1 rings (SSSR count). The predicted molar refractivity (Wildman–Crippen MR) is 244 cm³/mol. The topological polar surface area (TPSA) is 109 Å². The van der Waals surface area contributed by atoms with Gasteiger partial charge in [0, 0.05) is 76.5 Å². The minimum atomic E-state index is 0.345. The average molecular weight is 791 g/mol. The van der Waals surface area contributed by atoms with Gasteiger partial charge in [0.2, 0.25) is 0 Å². The van der Waals surface area contributed by atoms with Crippen molar-refractivity contribution in [3.8, 4) is 0 Å². The van der Waals surface area contributed by atoms with E-state index in [9.17, 15) is 0 Å². The van der Waals surface area contributed by atoms with Crippen LogP contribution in [0.4, 0.5) is 0 Å². The molecule has 0 aromatic heterocycles. The highest BCUT2D eigenvalue weighted by molar-refractivity contribution is 5.31. The zero-order valence-electron chi connectivity index (χ0n) is 39.4. The maximum Gasteiger partial charge on any atom is 0.0311 e. The second-order valence-corrected chi connectivity index (χ2v) is 17.8. The van der Waals surface area contributed by atoms with E-state index in [4.69, 9.17) is 0 Å². The van der Waals surface area contributed by atoms with Gasteiger partial charge in [0.1, 0.15) is 0 Å². The van der Waals surface area contributed by atoms with Gasteiger partial charge < -0.3 is 19.6 Å². The summed E-state index contributed by atoms with van der Waals surface area (Å²) in [6, 6.07) is 11.3. The van der Waals surface area contributed by atoms with E-state index < -0.39 is 0 Å². The molecule has 0 saturated carbocycles. The smallest absolute Gasteiger partial charge is 0.0311 e. The molecule has 10 unspecified atom stereocenters. The molecule has 0 aliphatic heterocycles. The Hall–Kier alpha value is -1.26. The van der Waals surface area contributed by atoms with Crippen molar-refractivity contribution in [1.29, 1.82) is 0 Å². The van der Waals surface area contributed by atoms with Crippen molar-refractivity contribution in [2.45, 2.75) is 117 Å². The highest BCUT2D eigenvalue weighted by Gasteiger charge is 2.32. The molecule has 0 saturated heterocycles. The van der Waals surface area contributed by atoms with Crippen LogP contribution in [0.1, 0.15) is 104 Å². The summed E-state index contributed by atoms with van der Waals surface area (Å²) in [5.41, 5.74) is 29.2. The van der Waals surface area contributed by atoms with Gasteiger partial charge in [-0.05, 0) is 144 Å². The van der Waals surface area contributed by atoms with Crippen LogP contribution < -0.4 is 43.4 Å². The number of nitrogens with zero attached hydrogens (tertiary/aromatic N) is 4. The molecule has 1 aromatic carbocycles. The van der Waals surface area contributed by atoms with E-state index in [0.29, 0.717) is 59.7 Å². The largest absolute Gasteiger partial charge is 0.304 e. The van der Waals surface area contributed by atoms with E-state index in [0.717, 1.165) is 52.4 Å². The van der Waals surface area contributed by atoms with Crippen molar-refractivity contribution < 1.29 is 0 Å². The van der Waals surface area contributed by atoms with Crippen molar-refractivity contribution in [3.05, 3.63) is 35.4 Å². The van der Waals surface area contributed by atoms with Crippen molar-refractivity contribution in [2.24, 2.45) is 23.7 Å². The molecule has 0 aliphatic rings. The molecule has 12 heteroatoms. The molecular formula is C44H94N12. The summed E-state index contributed by atoms with van der Waals surface area (Å²) in [4.78, 5) is 10.2. The standard InChI is InChI=1S/C44H94N12/c1-17-20-41(29-53(13)25-33(3)49-45-9)37(7)43(31-55(15)27-35(5)51-47-11)39-22-19-23-40(24-39)44(32-56(16)28-36(6)52-48-12)38(8)42(21-18-2)30-54(14)26-34(4)50-46-10/h19,22-24,33-38,41-52H,17-18,20-21,25-32H2,1-16H3. The maximum atomic E-state index is 3.41. The Balaban J connectivity index is 3.72. The first kappa shape index (κ1) is 52.8. The van der Waals surface area contributed by atoms with Crippen LogP contribution in [-0.2, 0) is 0 Å². The van der Waals surface area contributed by atoms with Crippen LogP contribution >= 0.6 is 0 Å². The Morgan fingerprint density at radius 2 is 0.732 bits per heavy atom. The van der Waals surface area contributed by atoms with Gasteiger partial charge in [-0.2, -0.15) is 0 Å². The summed E-state index contributed by atoms with van der Waals surface area (Å²) in [5.74, 6) is 3.02. The quantitative estimate of drug-likeness (QED) is 0.0482. The van der Waals surface area contributed by atoms with Gasteiger partial charge in [0.25, 0.3) is 0 Å². The van der Waals surface area contributed by atoms with Crippen LogP contribution in [-0.4, -0.2) is 153 Å². The van der Waals surface area contributed by atoms with Crippen LogP contribution in [0, 0.1) is 23.7 Å². The lowest BCUT2D eigenvalue weighted by Crippen LogP contribution is -2.46. The first-order valence-corrected chi connectivity index (χ1v) is 22.2. The maximum absolute atomic E-state index is 3.41. The van der Waals surface area contributed by atoms with Gasteiger partial charge in [-0.3, -0.25) is 43.4 Å². The molecule has 0 spiro atoms. The Kier molecular flexibility index (Phi) is 28.1. The van der Waals surface area contributed by atoms with Crippen molar-refractivity contribution in [2.75, 3.05) is 109 Å². The summed E-state index contributed by atoms with van der Waals surface area (Å²) in [6.45, 7) is 27.1. The summed E-state index contributed by atoms with van der Waals surface area (Å²) < 4.78 is 0. The van der Waals surface area contributed by atoms with Crippen LogP contribution in [0.25, 0.3) is 0 Å². The lowest BCUT2D eigenvalue weighted by molar-refractivity contribution is 0.162. The second-order valence-electron chi connectivity index (χ2n) is 17.8. The first-order chi connectivity index (χ1) is 26.6. The van der Waals surface area contributed by atoms with Gasteiger partial charge in [-0.15, -0.1) is 0 Å². The molecule has 0 radical (unpaired) electrons. The zero-order chi connectivity index (χ0) is 42.2. The molecule has 8 N–H and O–H groups in total. The average Bonchev–Trinajstić information content (AvgIpc) is 3.12. The molecular weight excluding hydrogens is 697 g/mol. The summed E-state index contributed by atoms with van der Waals surface area (Å²) in [6.07, 6.45) is 4.86. The lowest BCUT2D eigenvalue weighted by atomic mass is 9.73. The van der Waals surface area contributed by atoms with Crippen LogP contribution in [0.3, 0.4) is 0 Å². The number of hydrazine groups is 4. The number of likely N-dealkylation sites (N-methyl/N-ethyl adjacent to an activating group) is 4. The lowest BCUT2D eigenvalue weighted by Gasteiger charge is -2.38. The molecule has 10 atom stereocenters. The molecule has 56 heavy (non-hydrogen) atoms. The highest BCUT2D eigenvalue weighted by Crippen LogP contribution is 2.38. The fourth-order valence-corrected chi connectivity index (χ4v) is 9.42. The third kappa shape index (κ3) is 20.6. The van der Waals surface area contributed by atoms with E-state index in [-0.39, 0.29) is 0 Å². The van der Waals surface area contributed by atoms with Gasteiger partial charge in [-0.25, -0.2) is 0 Å².